The summed E-state index contributed by atoms with van der Waals surface area (Å²) in [4.78, 5) is 24.5. The first kappa shape index (κ1) is 20.5. The van der Waals surface area contributed by atoms with Crippen LogP contribution in [-0.2, 0) is 30.8 Å². The molecule has 0 saturated carbocycles. The summed E-state index contributed by atoms with van der Waals surface area (Å²) in [5.41, 5.74) is 0.603. The second-order valence-corrected chi connectivity index (χ2v) is 9.53. The van der Waals surface area contributed by atoms with Crippen LogP contribution < -0.4 is 0 Å². The molecule has 0 bridgehead atoms. The van der Waals surface area contributed by atoms with Crippen LogP contribution in [0.2, 0.25) is 5.02 Å². The molecule has 1 saturated heterocycles. The van der Waals surface area contributed by atoms with E-state index < -0.39 is 21.8 Å². The van der Waals surface area contributed by atoms with Crippen molar-refractivity contribution in [2.75, 3.05) is 11.5 Å². The largest absolute Gasteiger partial charge is 0.451 e. The predicted molar refractivity (Wildman–Crippen MR) is 105 cm³/mol. The molecule has 2 aromatic rings. The number of carbonyl (C=O) groups excluding carboxylic acids is 2. The zero-order valence-corrected chi connectivity index (χ0v) is 17.2. The van der Waals surface area contributed by atoms with Gasteiger partial charge in [0.1, 0.15) is 5.71 Å². The average molecular weight is 453 g/mol. The predicted octanol–water partition coefficient (Wildman–Crippen LogP) is 1.60. The number of hydrogen-bond donors (Lipinski definition) is 0. The van der Waals surface area contributed by atoms with Gasteiger partial charge in [-0.1, -0.05) is 23.7 Å². The summed E-state index contributed by atoms with van der Waals surface area (Å²) >= 11 is 6.10. The normalized spacial score (nSPS) is 20.8. The summed E-state index contributed by atoms with van der Waals surface area (Å²) in [5, 5.41) is 13.3. The van der Waals surface area contributed by atoms with E-state index in [9.17, 15) is 18.0 Å². The van der Waals surface area contributed by atoms with Crippen molar-refractivity contribution in [2.45, 2.75) is 31.9 Å². The van der Waals surface area contributed by atoms with Gasteiger partial charge >= 0.3 is 5.97 Å². The molecule has 2 aliphatic rings. The number of rotatable bonds is 5. The van der Waals surface area contributed by atoms with Crippen molar-refractivity contribution in [1.82, 2.24) is 15.2 Å². The van der Waals surface area contributed by atoms with Crippen LogP contribution in [0.5, 0.6) is 0 Å². The average Bonchev–Trinajstić information content (AvgIpc) is 3.33. The number of hydrazone groups is 1. The summed E-state index contributed by atoms with van der Waals surface area (Å²) in [6, 6.07) is 6.39. The number of carbonyl (C=O) groups is 2. The molecule has 1 aromatic carbocycles. The minimum Gasteiger partial charge on any atom is -0.451 e. The maximum Gasteiger partial charge on any atom is 0.355 e. The number of aromatic nitrogens is 2. The Labute approximate surface area is 176 Å². The summed E-state index contributed by atoms with van der Waals surface area (Å²) in [6.45, 7) is -0.277. The second kappa shape index (κ2) is 8.15. The molecule has 0 N–H and O–H groups in total. The quantitative estimate of drug-likeness (QED) is 0.625. The summed E-state index contributed by atoms with van der Waals surface area (Å²) in [6.07, 6.45) is 0.469. The number of benzene rings is 1. The molecular weight excluding hydrogens is 436 g/mol. The number of ether oxygens (including phenoxy) is 1. The highest BCUT2D eigenvalue weighted by Crippen LogP contribution is 2.26. The smallest absolute Gasteiger partial charge is 0.355 e. The zero-order chi connectivity index (χ0) is 21.3. The van der Waals surface area contributed by atoms with Crippen molar-refractivity contribution >= 4 is 39.0 Å². The van der Waals surface area contributed by atoms with E-state index in [1.807, 2.05) is 0 Å². The Morgan fingerprint density at radius 3 is 2.80 bits per heavy atom. The first-order valence-corrected chi connectivity index (χ1v) is 11.4. The molecule has 10 nitrogen and oxygen atoms in total. The van der Waals surface area contributed by atoms with Crippen molar-refractivity contribution in [3.63, 3.8) is 0 Å². The van der Waals surface area contributed by atoms with Crippen molar-refractivity contribution in [3.8, 4) is 11.5 Å². The Kier molecular flexibility index (Phi) is 5.56. The molecule has 2 aliphatic heterocycles. The SMILES string of the molecule is O=C(OCc1nnc(-c2ccccc2Cl)o1)C1=NN([C@@H]2CCS(=O)(=O)C2)C(=O)CC1. The van der Waals surface area contributed by atoms with E-state index in [1.165, 1.54) is 0 Å². The number of sulfone groups is 1. The zero-order valence-electron chi connectivity index (χ0n) is 15.7. The van der Waals surface area contributed by atoms with E-state index in [-0.39, 0.29) is 54.4 Å². The Morgan fingerprint density at radius 1 is 1.27 bits per heavy atom. The Bertz CT molecular complexity index is 1130. The van der Waals surface area contributed by atoms with Gasteiger partial charge in [0.2, 0.25) is 11.8 Å². The van der Waals surface area contributed by atoms with Crippen molar-refractivity contribution in [3.05, 3.63) is 35.2 Å². The van der Waals surface area contributed by atoms with Gasteiger partial charge in [-0.2, -0.15) is 5.10 Å². The van der Waals surface area contributed by atoms with E-state index in [2.05, 4.69) is 15.3 Å². The van der Waals surface area contributed by atoms with E-state index in [1.54, 1.807) is 24.3 Å². The van der Waals surface area contributed by atoms with Crippen LogP contribution in [0.3, 0.4) is 0 Å². The number of halogens is 1. The van der Waals surface area contributed by atoms with Gasteiger partial charge in [-0.25, -0.2) is 18.2 Å². The monoisotopic (exact) mass is 452 g/mol. The highest BCUT2D eigenvalue weighted by molar-refractivity contribution is 7.91. The van der Waals surface area contributed by atoms with Crippen molar-refractivity contribution < 1.29 is 27.2 Å². The molecule has 158 valence electrons. The van der Waals surface area contributed by atoms with Crippen LogP contribution in [0.1, 0.15) is 25.2 Å². The lowest BCUT2D eigenvalue weighted by Gasteiger charge is -2.27. The van der Waals surface area contributed by atoms with Crippen LogP contribution in [0, 0.1) is 0 Å². The lowest BCUT2D eigenvalue weighted by molar-refractivity contribution is -0.138. The molecule has 0 spiro atoms. The van der Waals surface area contributed by atoms with Crippen molar-refractivity contribution in [2.24, 2.45) is 5.10 Å². The van der Waals surface area contributed by atoms with Crippen LogP contribution in [0.15, 0.2) is 33.8 Å². The second-order valence-electron chi connectivity index (χ2n) is 6.90. The van der Waals surface area contributed by atoms with E-state index in [4.69, 9.17) is 20.8 Å². The van der Waals surface area contributed by atoms with E-state index in [0.717, 1.165) is 5.01 Å². The van der Waals surface area contributed by atoms with E-state index >= 15 is 0 Å². The molecule has 0 aliphatic carbocycles. The standard InChI is InChI=1S/C18H17ClN4O6S/c19-13-4-2-1-3-12(13)17-21-20-15(29-17)9-28-18(25)14-5-6-16(24)23(22-14)11-7-8-30(26,27)10-11/h1-4,11H,5-10H2/t11-/m1/s1. The van der Waals surface area contributed by atoms with Gasteiger partial charge in [0.05, 0.1) is 28.1 Å². The molecular formula is C18H17ClN4O6S. The molecule has 12 heteroatoms. The van der Waals surface area contributed by atoms with Gasteiger partial charge in [-0.15, -0.1) is 10.2 Å². The summed E-state index contributed by atoms with van der Waals surface area (Å²) in [7, 11) is -3.19. The van der Waals surface area contributed by atoms with Gasteiger partial charge in [0.15, 0.2) is 16.4 Å². The maximum atomic E-state index is 12.4. The van der Waals surface area contributed by atoms with Crippen LogP contribution in [0.25, 0.3) is 11.5 Å². The molecule has 1 amide bonds. The lowest BCUT2D eigenvalue weighted by atomic mass is 10.1. The van der Waals surface area contributed by atoms with Gasteiger partial charge in [0.25, 0.3) is 5.89 Å². The Hall–Kier alpha value is -2.79. The first-order valence-electron chi connectivity index (χ1n) is 9.17. The highest BCUT2D eigenvalue weighted by atomic mass is 35.5. The fourth-order valence-corrected chi connectivity index (χ4v) is 5.15. The van der Waals surface area contributed by atoms with Gasteiger partial charge in [-0.05, 0) is 18.6 Å². The number of esters is 1. The third-order valence-corrected chi connectivity index (χ3v) is 6.83. The molecule has 1 aromatic heterocycles. The van der Waals surface area contributed by atoms with E-state index in [0.29, 0.717) is 17.0 Å². The summed E-state index contributed by atoms with van der Waals surface area (Å²) in [5.74, 6) is -0.926. The topological polar surface area (TPSA) is 132 Å². The summed E-state index contributed by atoms with van der Waals surface area (Å²) < 4.78 is 34.0. The molecule has 1 atom stereocenters. The molecule has 0 unspecified atom stereocenters. The Balaban J connectivity index is 1.41. The maximum absolute atomic E-state index is 12.4. The third kappa shape index (κ3) is 4.36. The van der Waals surface area contributed by atoms with Crippen LogP contribution in [-0.4, -0.2) is 58.8 Å². The molecule has 0 radical (unpaired) electrons. The fraction of sp³-hybridized carbons (Fsp3) is 0.389. The molecule has 1 fully saturated rings. The lowest BCUT2D eigenvalue weighted by Crippen LogP contribution is -2.42. The number of nitrogens with zero attached hydrogens (tertiary/aromatic N) is 4. The van der Waals surface area contributed by atoms with Crippen LogP contribution in [0.4, 0.5) is 0 Å². The van der Waals surface area contributed by atoms with Crippen molar-refractivity contribution in [1.29, 1.82) is 0 Å². The highest BCUT2D eigenvalue weighted by Gasteiger charge is 2.37. The molecule has 3 heterocycles. The van der Waals surface area contributed by atoms with Gasteiger partial charge in [-0.3, -0.25) is 4.79 Å². The fourth-order valence-electron chi connectivity index (χ4n) is 3.24. The Morgan fingerprint density at radius 2 is 2.07 bits per heavy atom. The first-order chi connectivity index (χ1) is 14.3. The minimum absolute atomic E-state index is 0.00166. The van der Waals surface area contributed by atoms with Gasteiger partial charge in [0, 0.05) is 12.8 Å². The van der Waals surface area contributed by atoms with Crippen LogP contribution >= 0.6 is 11.6 Å². The number of amides is 1. The molecule has 4 rings (SSSR count). The van der Waals surface area contributed by atoms with Gasteiger partial charge < -0.3 is 9.15 Å². The number of hydrogen-bond acceptors (Lipinski definition) is 9. The molecule has 30 heavy (non-hydrogen) atoms. The third-order valence-electron chi connectivity index (χ3n) is 4.75. The minimum atomic E-state index is -3.19.